The quantitative estimate of drug-likeness (QED) is 0.202. The molecule has 9 heteroatoms. The molecule has 0 radical (unpaired) electrons. The highest BCUT2D eigenvalue weighted by molar-refractivity contribution is 9.10. The van der Waals surface area contributed by atoms with Crippen molar-refractivity contribution in [2.24, 2.45) is 4.99 Å². The minimum atomic E-state index is -1.29. The summed E-state index contributed by atoms with van der Waals surface area (Å²) in [4.78, 5) is 19.5. The third-order valence-corrected chi connectivity index (χ3v) is 7.94. The van der Waals surface area contributed by atoms with Crippen molar-refractivity contribution in [1.29, 1.82) is 0 Å². The smallest absolute Gasteiger partial charge is 0.252 e. The van der Waals surface area contributed by atoms with Gasteiger partial charge in [-0.25, -0.2) is 4.99 Å². The van der Waals surface area contributed by atoms with Gasteiger partial charge in [0.25, 0.3) is 5.91 Å². The number of aliphatic imine (C=N–C) groups is 1. The Morgan fingerprint density at radius 1 is 0.953 bits per heavy atom. The topological polar surface area (TPSA) is 98.6 Å². The van der Waals surface area contributed by atoms with Crippen LogP contribution in [0.5, 0.6) is 17.2 Å². The summed E-state index contributed by atoms with van der Waals surface area (Å²) in [5.74, 6) is 2.16. The summed E-state index contributed by atoms with van der Waals surface area (Å²) in [5.41, 5.74) is 2.11. The van der Waals surface area contributed by atoms with Gasteiger partial charge >= 0.3 is 0 Å². The highest BCUT2D eigenvalue weighted by atomic mass is 79.9. The zero-order chi connectivity index (χ0) is 29.6. The first-order valence-corrected chi connectivity index (χ1v) is 14.9. The fraction of sp³-hybridized carbons (Fsp3) is 0.235. The molecule has 0 aliphatic carbocycles. The number of rotatable bonds is 11. The van der Waals surface area contributed by atoms with E-state index < -0.39 is 11.6 Å². The lowest BCUT2D eigenvalue weighted by Crippen LogP contribution is -2.49. The van der Waals surface area contributed by atoms with E-state index in [1.807, 2.05) is 97.1 Å². The molecule has 2 aliphatic heterocycles. The van der Waals surface area contributed by atoms with E-state index in [2.05, 4.69) is 21.2 Å². The molecule has 0 bridgehead atoms. The van der Waals surface area contributed by atoms with Crippen LogP contribution in [0, 0.1) is 0 Å². The molecule has 0 spiro atoms. The maximum absolute atomic E-state index is 14.4. The summed E-state index contributed by atoms with van der Waals surface area (Å²) in [6.45, 7) is 0.956. The average molecular weight is 644 g/mol. The average Bonchev–Trinajstić information content (AvgIpc) is 3.67. The second-order valence-corrected chi connectivity index (χ2v) is 11.3. The van der Waals surface area contributed by atoms with E-state index in [0.717, 1.165) is 26.7 Å². The van der Waals surface area contributed by atoms with Gasteiger partial charge in [-0.1, -0.05) is 64.5 Å². The highest BCUT2D eigenvalue weighted by Crippen LogP contribution is 2.43. The molecule has 0 fully saturated rings. The van der Waals surface area contributed by atoms with Crippen LogP contribution in [0.4, 0.5) is 0 Å². The fourth-order valence-corrected chi connectivity index (χ4v) is 5.48. The van der Waals surface area contributed by atoms with Gasteiger partial charge in [0.2, 0.25) is 12.7 Å². The Labute approximate surface area is 258 Å². The maximum Gasteiger partial charge on any atom is 0.252 e. The van der Waals surface area contributed by atoms with Crippen molar-refractivity contribution in [3.63, 3.8) is 0 Å². The first kappa shape index (κ1) is 28.8. The number of hydrogen-bond acceptors (Lipinski definition) is 7. The standard InChI is InChI=1S/C34H31BrN2O6/c35-27-12-8-25(9-13-27)31-34(20-23-5-2-1-3-6-23,33(39)36-21-24-7-16-29-30(19-24)42-22-41-29)37-32(43-31)26-10-14-28(15-11-26)40-18-4-17-38/h1-3,5-16,19,31,38H,4,17-18,20-22H2,(H,36,39)/t31-,34-/m1/s1. The minimum absolute atomic E-state index is 0.0698. The summed E-state index contributed by atoms with van der Waals surface area (Å²) < 4.78 is 24.2. The van der Waals surface area contributed by atoms with E-state index in [4.69, 9.17) is 29.0 Å². The number of carbonyl (C=O) groups excluding carboxylic acids is 1. The SMILES string of the molecule is O=C(NCc1ccc2c(c1)OCO2)[C@]1(Cc2ccccc2)N=C(c2ccc(OCCCO)cc2)O[C@@H]1c1ccc(Br)cc1. The van der Waals surface area contributed by atoms with Crippen LogP contribution in [0.15, 0.2) is 107 Å². The van der Waals surface area contributed by atoms with E-state index in [1.54, 1.807) is 0 Å². The number of carbonyl (C=O) groups is 1. The number of ether oxygens (including phenoxy) is 4. The predicted molar refractivity (Wildman–Crippen MR) is 165 cm³/mol. The number of aliphatic hydroxyl groups is 1. The number of fused-ring (bicyclic) bond motifs is 1. The van der Waals surface area contributed by atoms with Gasteiger partial charge in [-0.05, 0) is 65.2 Å². The van der Waals surface area contributed by atoms with Gasteiger partial charge in [0, 0.05) is 36.0 Å². The van der Waals surface area contributed by atoms with Crippen LogP contribution in [0.2, 0.25) is 0 Å². The normalized spacial score (nSPS) is 18.6. The molecule has 0 aromatic heterocycles. The second-order valence-electron chi connectivity index (χ2n) is 10.4. The maximum atomic E-state index is 14.4. The van der Waals surface area contributed by atoms with Crippen LogP contribution < -0.4 is 19.5 Å². The van der Waals surface area contributed by atoms with Gasteiger partial charge in [-0.15, -0.1) is 0 Å². The zero-order valence-electron chi connectivity index (χ0n) is 23.4. The van der Waals surface area contributed by atoms with E-state index >= 15 is 0 Å². The van der Waals surface area contributed by atoms with Gasteiger partial charge in [0.15, 0.2) is 23.1 Å². The lowest BCUT2D eigenvalue weighted by atomic mass is 9.82. The zero-order valence-corrected chi connectivity index (χ0v) is 25.0. The number of aliphatic hydroxyl groups excluding tert-OH is 1. The molecular weight excluding hydrogens is 612 g/mol. The minimum Gasteiger partial charge on any atom is -0.494 e. The second kappa shape index (κ2) is 12.9. The largest absolute Gasteiger partial charge is 0.494 e. The van der Waals surface area contributed by atoms with Crippen LogP contribution in [0.25, 0.3) is 0 Å². The number of hydrogen-bond donors (Lipinski definition) is 2. The number of nitrogens with zero attached hydrogens (tertiary/aromatic N) is 1. The molecule has 2 heterocycles. The number of halogens is 1. The Morgan fingerprint density at radius 2 is 1.72 bits per heavy atom. The molecule has 8 nitrogen and oxygen atoms in total. The van der Waals surface area contributed by atoms with Crippen molar-refractivity contribution >= 4 is 27.7 Å². The van der Waals surface area contributed by atoms with Crippen LogP contribution in [-0.4, -0.2) is 42.5 Å². The molecule has 1 amide bonds. The van der Waals surface area contributed by atoms with Crippen LogP contribution in [0.1, 0.15) is 34.8 Å². The van der Waals surface area contributed by atoms with E-state index in [9.17, 15) is 4.79 Å². The Bertz CT molecular complexity index is 1590. The number of nitrogens with one attached hydrogen (secondary N) is 1. The molecule has 4 aromatic rings. The molecule has 2 aliphatic rings. The Kier molecular flexibility index (Phi) is 8.62. The summed E-state index contributed by atoms with van der Waals surface area (Å²) >= 11 is 3.52. The van der Waals surface area contributed by atoms with Crippen molar-refractivity contribution in [3.8, 4) is 17.2 Å². The molecule has 0 saturated heterocycles. The molecule has 0 saturated carbocycles. The van der Waals surface area contributed by atoms with Crippen molar-refractivity contribution < 1.29 is 28.8 Å². The first-order valence-electron chi connectivity index (χ1n) is 14.1. The first-order chi connectivity index (χ1) is 21.0. The lowest BCUT2D eigenvalue weighted by Gasteiger charge is -2.31. The molecule has 4 aromatic carbocycles. The lowest BCUT2D eigenvalue weighted by molar-refractivity contribution is -0.129. The van der Waals surface area contributed by atoms with Crippen LogP contribution in [-0.2, 0) is 22.5 Å². The van der Waals surface area contributed by atoms with Gasteiger partial charge in [0.1, 0.15) is 5.75 Å². The van der Waals surface area contributed by atoms with Crippen molar-refractivity contribution in [1.82, 2.24) is 5.32 Å². The molecule has 6 rings (SSSR count). The monoisotopic (exact) mass is 642 g/mol. The summed E-state index contributed by atoms with van der Waals surface area (Å²) in [6, 6.07) is 30.7. The van der Waals surface area contributed by atoms with E-state index in [-0.39, 0.29) is 25.9 Å². The van der Waals surface area contributed by atoms with Crippen molar-refractivity contribution in [2.75, 3.05) is 20.0 Å². The predicted octanol–water partition coefficient (Wildman–Crippen LogP) is 5.76. The van der Waals surface area contributed by atoms with Gasteiger partial charge in [-0.3, -0.25) is 4.79 Å². The Hall–Kier alpha value is -4.34. The fourth-order valence-electron chi connectivity index (χ4n) is 5.21. The van der Waals surface area contributed by atoms with Gasteiger partial charge in [-0.2, -0.15) is 0 Å². The van der Waals surface area contributed by atoms with Gasteiger partial charge < -0.3 is 29.4 Å². The molecule has 43 heavy (non-hydrogen) atoms. The molecule has 0 unspecified atom stereocenters. The third-order valence-electron chi connectivity index (χ3n) is 7.41. The molecule has 2 atom stereocenters. The summed E-state index contributed by atoms with van der Waals surface area (Å²) in [7, 11) is 0. The van der Waals surface area contributed by atoms with Crippen LogP contribution in [0.3, 0.4) is 0 Å². The summed E-state index contributed by atoms with van der Waals surface area (Å²) in [6.07, 6.45) is 0.191. The molecule has 2 N–H and O–H groups in total. The number of benzene rings is 4. The number of amides is 1. The highest BCUT2D eigenvalue weighted by Gasteiger charge is 2.53. The third kappa shape index (κ3) is 6.38. The molecular formula is C34H31BrN2O6. The Balaban J connectivity index is 1.36. The molecule has 220 valence electrons. The van der Waals surface area contributed by atoms with Crippen molar-refractivity contribution in [2.45, 2.75) is 31.0 Å². The Morgan fingerprint density at radius 3 is 2.49 bits per heavy atom. The van der Waals surface area contributed by atoms with E-state index in [1.165, 1.54) is 0 Å². The van der Waals surface area contributed by atoms with Crippen LogP contribution >= 0.6 is 15.9 Å². The summed E-state index contributed by atoms with van der Waals surface area (Å²) in [5, 5.41) is 12.2. The van der Waals surface area contributed by atoms with Crippen molar-refractivity contribution in [3.05, 3.63) is 124 Å². The van der Waals surface area contributed by atoms with Gasteiger partial charge in [0.05, 0.1) is 6.61 Å². The van der Waals surface area contributed by atoms with E-state index in [0.29, 0.717) is 42.6 Å².